The number of alkyl halides is 3. The van der Waals surface area contributed by atoms with Crippen LogP contribution in [0.5, 0.6) is 0 Å². The number of nitrogens with zero attached hydrogens (tertiary/aromatic N) is 3. The Labute approximate surface area is 172 Å². The number of halogens is 3. The largest absolute Gasteiger partial charge is 0.433 e. The Morgan fingerprint density at radius 2 is 1.70 bits per heavy atom. The number of hydrogen-bond donors (Lipinski definition) is 1. The van der Waals surface area contributed by atoms with Gasteiger partial charge >= 0.3 is 6.18 Å². The zero-order chi connectivity index (χ0) is 20.9. The minimum Gasteiger partial charge on any atom is -0.388 e. The number of imidazole rings is 1. The summed E-state index contributed by atoms with van der Waals surface area (Å²) in [6.07, 6.45) is 7.70. The molecule has 3 heterocycles. The molecule has 0 saturated heterocycles. The second kappa shape index (κ2) is 7.38. The monoisotopic (exact) mass is 415 g/mol. The second-order valence-corrected chi connectivity index (χ2v) is 8.68. The van der Waals surface area contributed by atoms with E-state index in [-0.39, 0.29) is 11.8 Å². The van der Waals surface area contributed by atoms with Gasteiger partial charge in [-0.3, -0.25) is 4.98 Å². The standard InChI is InChI=1S/C23H24F3N3O/c24-23(25,26)20-8-7-17(11-28-20)14-1-5-16(6-2-14)22(30)21-18(15-3-4-15)9-10-29-13-27-12-19(21)29/h7-16,22,30H,1-6H2. The molecule has 0 aliphatic heterocycles. The molecule has 2 fully saturated rings. The molecule has 2 aliphatic rings. The minimum absolute atomic E-state index is 0.141. The first kappa shape index (κ1) is 19.5. The van der Waals surface area contributed by atoms with Crippen molar-refractivity contribution in [2.45, 2.75) is 62.6 Å². The van der Waals surface area contributed by atoms with Crippen molar-refractivity contribution in [2.24, 2.45) is 5.92 Å². The van der Waals surface area contributed by atoms with Crippen molar-refractivity contribution >= 4 is 5.52 Å². The van der Waals surface area contributed by atoms with Crippen LogP contribution in [-0.2, 0) is 6.18 Å². The summed E-state index contributed by atoms with van der Waals surface area (Å²) >= 11 is 0. The van der Waals surface area contributed by atoms with Crippen LogP contribution in [0.1, 0.15) is 78.8 Å². The van der Waals surface area contributed by atoms with Gasteiger partial charge in [0.25, 0.3) is 0 Å². The summed E-state index contributed by atoms with van der Waals surface area (Å²) < 4.78 is 40.2. The molecule has 0 spiro atoms. The number of aliphatic hydroxyl groups excluding tert-OH is 1. The van der Waals surface area contributed by atoms with Crippen LogP contribution in [-0.4, -0.2) is 19.5 Å². The van der Waals surface area contributed by atoms with Crippen molar-refractivity contribution in [1.82, 2.24) is 14.4 Å². The van der Waals surface area contributed by atoms with E-state index in [2.05, 4.69) is 16.0 Å². The lowest BCUT2D eigenvalue weighted by molar-refractivity contribution is -0.141. The molecule has 158 valence electrons. The van der Waals surface area contributed by atoms with Crippen molar-refractivity contribution < 1.29 is 18.3 Å². The number of pyridine rings is 2. The van der Waals surface area contributed by atoms with E-state index in [1.807, 2.05) is 16.8 Å². The average molecular weight is 415 g/mol. The highest BCUT2D eigenvalue weighted by Crippen LogP contribution is 2.48. The highest BCUT2D eigenvalue weighted by atomic mass is 19.4. The molecule has 4 nitrogen and oxygen atoms in total. The fourth-order valence-corrected chi connectivity index (χ4v) is 4.92. The van der Waals surface area contributed by atoms with Crippen LogP contribution in [0, 0.1) is 5.92 Å². The average Bonchev–Trinajstić information content (AvgIpc) is 3.48. The van der Waals surface area contributed by atoms with E-state index in [1.54, 1.807) is 12.4 Å². The summed E-state index contributed by atoms with van der Waals surface area (Å²) in [5, 5.41) is 11.3. The molecule has 1 atom stereocenters. The molecule has 1 N–H and O–H groups in total. The zero-order valence-electron chi connectivity index (χ0n) is 16.5. The van der Waals surface area contributed by atoms with Gasteiger partial charge in [-0.15, -0.1) is 0 Å². The highest BCUT2D eigenvalue weighted by Gasteiger charge is 2.35. The van der Waals surface area contributed by atoms with Gasteiger partial charge in [0, 0.05) is 18.0 Å². The van der Waals surface area contributed by atoms with Gasteiger partial charge in [0.1, 0.15) is 5.69 Å². The molecule has 0 bridgehead atoms. The molecule has 0 amide bonds. The summed E-state index contributed by atoms with van der Waals surface area (Å²) in [7, 11) is 0. The van der Waals surface area contributed by atoms with Gasteiger partial charge in [0.15, 0.2) is 0 Å². The lowest BCUT2D eigenvalue weighted by atomic mass is 9.75. The molecule has 5 rings (SSSR count). The Kier molecular flexibility index (Phi) is 4.81. The molecule has 2 saturated carbocycles. The van der Waals surface area contributed by atoms with Gasteiger partial charge in [-0.05, 0) is 79.5 Å². The summed E-state index contributed by atoms with van der Waals surface area (Å²) in [6, 6.07) is 4.73. The third-order valence-corrected chi connectivity index (χ3v) is 6.75. The fourth-order valence-electron chi connectivity index (χ4n) is 4.92. The van der Waals surface area contributed by atoms with Crippen LogP contribution < -0.4 is 0 Å². The van der Waals surface area contributed by atoms with Crippen molar-refractivity contribution in [3.63, 3.8) is 0 Å². The molecular weight excluding hydrogens is 391 g/mol. The molecule has 1 unspecified atom stereocenters. The molecular formula is C23H24F3N3O. The topological polar surface area (TPSA) is 50.4 Å². The van der Waals surface area contributed by atoms with Gasteiger partial charge in [0.2, 0.25) is 0 Å². The summed E-state index contributed by atoms with van der Waals surface area (Å²) in [5.41, 5.74) is 3.23. The SMILES string of the molecule is OC(c1c(C2CC2)ccn2cncc12)C1CCC(c2ccc(C(F)(F)F)nc2)CC1. The fraction of sp³-hybridized carbons (Fsp3) is 0.478. The van der Waals surface area contributed by atoms with Crippen molar-refractivity contribution in [1.29, 1.82) is 0 Å². The number of fused-ring (bicyclic) bond motifs is 1. The van der Waals surface area contributed by atoms with Crippen LogP contribution in [0.3, 0.4) is 0 Å². The Balaban J connectivity index is 1.32. The van der Waals surface area contributed by atoms with Gasteiger partial charge in [-0.25, -0.2) is 4.98 Å². The maximum absolute atomic E-state index is 12.7. The predicted molar refractivity (Wildman–Crippen MR) is 106 cm³/mol. The predicted octanol–water partition coefficient (Wildman–Crippen LogP) is 5.63. The summed E-state index contributed by atoms with van der Waals surface area (Å²) in [5.74, 6) is 0.864. The van der Waals surface area contributed by atoms with Crippen LogP contribution in [0.15, 0.2) is 43.1 Å². The second-order valence-electron chi connectivity index (χ2n) is 8.68. The number of hydrogen-bond acceptors (Lipinski definition) is 3. The normalized spacial score (nSPS) is 23.6. The van der Waals surface area contributed by atoms with Crippen LogP contribution in [0.4, 0.5) is 13.2 Å². The van der Waals surface area contributed by atoms with Crippen LogP contribution in [0.25, 0.3) is 5.52 Å². The molecule has 0 radical (unpaired) electrons. The Bertz CT molecular complexity index is 1030. The van der Waals surface area contributed by atoms with Gasteiger partial charge in [-0.2, -0.15) is 13.2 Å². The van der Waals surface area contributed by atoms with Crippen LogP contribution in [0.2, 0.25) is 0 Å². The van der Waals surface area contributed by atoms with Crippen molar-refractivity contribution in [3.8, 4) is 0 Å². The van der Waals surface area contributed by atoms with E-state index < -0.39 is 18.0 Å². The van der Waals surface area contributed by atoms with E-state index in [0.29, 0.717) is 5.92 Å². The van der Waals surface area contributed by atoms with Crippen molar-refractivity contribution in [2.75, 3.05) is 0 Å². The first-order valence-corrected chi connectivity index (χ1v) is 10.6. The summed E-state index contributed by atoms with van der Waals surface area (Å²) in [6.45, 7) is 0. The molecule has 2 aliphatic carbocycles. The smallest absolute Gasteiger partial charge is 0.388 e. The highest BCUT2D eigenvalue weighted by molar-refractivity contribution is 5.59. The number of aromatic nitrogens is 3. The van der Waals surface area contributed by atoms with Crippen molar-refractivity contribution in [3.05, 3.63) is 65.5 Å². The molecule has 3 aromatic heterocycles. The van der Waals surface area contributed by atoms with E-state index in [9.17, 15) is 18.3 Å². The molecule has 0 aromatic carbocycles. The Morgan fingerprint density at radius 1 is 0.967 bits per heavy atom. The number of rotatable bonds is 4. The molecule has 30 heavy (non-hydrogen) atoms. The van der Waals surface area contributed by atoms with E-state index >= 15 is 0 Å². The third-order valence-electron chi connectivity index (χ3n) is 6.75. The first-order valence-electron chi connectivity index (χ1n) is 10.6. The van der Waals surface area contributed by atoms with E-state index in [1.165, 1.54) is 11.8 Å². The summed E-state index contributed by atoms with van der Waals surface area (Å²) in [4.78, 5) is 7.86. The molecule has 3 aromatic rings. The lowest BCUT2D eigenvalue weighted by Gasteiger charge is -2.33. The Hall–Kier alpha value is -2.41. The first-order chi connectivity index (χ1) is 14.4. The number of aliphatic hydroxyl groups is 1. The molecule has 7 heteroatoms. The minimum atomic E-state index is -4.41. The Morgan fingerprint density at radius 3 is 2.33 bits per heavy atom. The maximum Gasteiger partial charge on any atom is 0.433 e. The maximum atomic E-state index is 12.7. The van der Waals surface area contributed by atoms with Gasteiger partial charge in [0.05, 0.1) is 24.1 Å². The van der Waals surface area contributed by atoms with Gasteiger partial charge in [-0.1, -0.05) is 6.07 Å². The quantitative estimate of drug-likeness (QED) is 0.601. The van der Waals surface area contributed by atoms with Gasteiger partial charge < -0.3 is 9.51 Å². The zero-order valence-corrected chi connectivity index (χ0v) is 16.5. The lowest BCUT2D eigenvalue weighted by Crippen LogP contribution is -2.21. The van der Waals surface area contributed by atoms with Crippen LogP contribution >= 0.6 is 0 Å². The van der Waals surface area contributed by atoms with E-state index in [0.717, 1.165) is 61.2 Å². The third kappa shape index (κ3) is 3.60. The van der Waals surface area contributed by atoms with E-state index in [4.69, 9.17) is 0 Å².